The fraction of sp³-hybridized carbons (Fsp3) is 0.0952. The monoisotopic (exact) mass is 313 g/mol. The van der Waals surface area contributed by atoms with E-state index in [0.717, 1.165) is 16.6 Å². The van der Waals surface area contributed by atoms with Crippen LogP contribution in [0.3, 0.4) is 0 Å². The smallest absolute Gasteiger partial charge is 0.0732 e. The standard InChI is InChI=1S/C21H19N3/c1-23(2)17-13-11-16(12-14-17)15-22-24-20-9-5-3-7-18(20)19-8-4-6-10-21(19)24/h3-15H,1-2H3/b22-15+. The van der Waals surface area contributed by atoms with Crippen LogP contribution in [0.15, 0.2) is 77.9 Å². The molecule has 1 heterocycles. The zero-order valence-corrected chi connectivity index (χ0v) is 13.8. The summed E-state index contributed by atoms with van der Waals surface area (Å²) in [5, 5.41) is 7.21. The minimum absolute atomic E-state index is 1.09. The Morgan fingerprint density at radius 1 is 0.750 bits per heavy atom. The molecule has 1 aromatic heterocycles. The van der Waals surface area contributed by atoms with Gasteiger partial charge in [0.1, 0.15) is 0 Å². The molecular formula is C21H19N3. The lowest BCUT2D eigenvalue weighted by Crippen LogP contribution is -2.08. The summed E-state index contributed by atoms with van der Waals surface area (Å²) in [5.74, 6) is 0. The highest BCUT2D eigenvalue weighted by molar-refractivity contribution is 6.08. The second kappa shape index (κ2) is 5.85. The van der Waals surface area contributed by atoms with E-state index >= 15 is 0 Å². The molecule has 3 aromatic carbocycles. The Bertz CT molecular complexity index is 971. The van der Waals surface area contributed by atoms with Gasteiger partial charge in [0, 0.05) is 30.6 Å². The summed E-state index contributed by atoms with van der Waals surface area (Å²) in [4.78, 5) is 2.09. The van der Waals surface area contributed by atoms with Crippen molar-refractivity contribution in [3.05, 3.63) is 78.4 Å². The van der Waals surface area contributed by atoms with E-state index < -0.39 is 0 Å². The van der Waals surface area contributed by atoms with E-state index in [2.05, 4.69) is 77.7 Å². The molecule has 3 nitrogen and oxygen atoms in total. The van der Waals surface area contributed by atoms with Crippen molar-refractivity contribution in [3.8, 4) is 0 Å². The summed E-state index contributed by atoms with van der Waals surface area (Å²) in [7, 11) is 4.09. The first kappa shape index (κ1) is 14.5. The number of aromatic nitrogens is 1. The lowest BCUT2D eigenvalue weighted by atomic mass is 10.2. The van der Waals surface area contributed by atoms with E-state index in [1.165, 1.54) is 16.5 Å². The molecule has 24 heavy (non-hydrogen) atoms. The first-order valence-electron chi connectivity index (χ1n) is 8.04. The van der Waals surface area contributed by atoms with Gasteiger partial charge in [-0.1, -0.05) is 48.5 Å². The highest BCUT2D eigenvalue weighted by Crippen LogP contribution is 2.28. The molecule has 0 spiro atoms. The van der Waals surface area contributed by atoms with Crippen LogP contribution in [0.25, 0.3) is 21.8 Å². The number of fused-ring (bicyclic) bond motifs is 3. The zero-order valence-electron chi connectivity index (χ0n) is 13.8. The summed E-state index contributed by atoms with van der Waals surface area (Å²) in [6, 6.07) is 25.2. The minimum Gasteiger partial charge on any atom is -0.378 e. The predicted molar refractivity (Wildman–Crippen MR) is 103 cm³/mol. The maximum atomic E-state index is 4.75. The largest absolute Gasteiger partial charge is 0.378 e. The number of hydrogen-bond donors (Lipinski definition) is 0. The van der Waals surface area contributed by atoms with Gasteiger partial charge in [0.2, 0.25) is 0 Å². The molecule has 3 heteroatoms. The molecule has 0 saturated heterocycles. The van der Waals surface area contributed by atoms with Crippen LogP contribution >= 0.6 is 0 Å². The number of anilines is 1. The van der Waals surface area contributed by atoms with Crippen LogP contribution in [0.4, 0.5) is 5.69 Å². The van der Waals surface area contributed by atoms with Gasteiger partial charge in [0.05, 0.1) is 17.2 Å². The van der Waals surface area contributed by atoms with Gasteiger partial charge in [-0.2, -0.15) is 5.10 Å². The molecule has 0 aliphatic rings. The van der Waals surface area contributed by atoms with Gasteiger partial charge >= 0.3 is 0 Å². The lowest BCUT2D eigenvalue weighted by Gasteiger charge is -2.11. The SMILES string of the molecule is CN(C)c1ccc(/C=N/n2c3ccccc3c3ccccc32)cc1. The number of benzene rings is 3. The van der Waals surface area contributed by atoms with E-state index in [0.29, 0.717) is 0 Å². The number of rotatable bonds is 3. The minimum atomic E-state index is 1.09. The van der Waals surface area contributed by atoms with Crippen molar-refractivity contribution in [1.82, 2.24) is 4.68 Å². The zero-order chi connectivity index (χ0) is 16.5. The van der Waals surface area contributed by atoms with Gasteiger partial charge in [-0.25, -0.2) is 4.68 Å². The van der Waals surface area contributed by atoms with Gasteiger partial charge in [0.15, 0.2) is 0 Å². The summed E-state index contributed by atoms with van der Waals surface area (Å²) in [6.45, 7) is 0. The van der Waals surface area contributed by atoms with Crippen molar-refractivity contribution in [2.24, 2.45) is 5.10 Å². The third kappa shape index (κ3) is 2.44. The Kier molecular flexibility index (Phi) is 3.54. The molecule has 0 saturated carbocycles. The Labute approximate surface area is 141 Å². The molecule has 4 aromatic rings. The normalized spacial score (nSPS) is 11.6. The lowest BCUT2D eigenvalue weighted by molar-refractivity contribution is 0.975. The fourth-order valence-electron chi connectivity index (χ4n) is 3.01. The van der Waals surface area contributed by atoms with E-state index in [4.69, 9.17) is 5.10 Å². The first-order chi connectivity index (χ1) is 11.7. The molecule has 0 radical (unpaired) electrons. The summed E-state index contributed by atoms with van der Waals surface area (Å²) in [6.07, 6.45) is 1.92. The molecule has 0 atom stereocenters. The van der Waals surface area contributed by atoms with Gasteiger partial charge in [-0.3, -0.25) is 0 Å². The van der Waals surface area contributed by atoms with Crippen LogP contribution in [-0.4, -0.2) is 25.0 Å². The summed E-state index contributed by atoms with van der Waals surface area (Å²) >= 11 is 0. The second-order valence-electron chi connectivity index (χ2n) is 6.08. The number of nitrogens with zero attached hydrogens (tertiary/aromatic N) is 3. The molecule has 0 fully saturated rings. The molecule has 118 valence electrons. The van der Waals surface area contributed by atoms with Crippen molar-refractivity contribution in [2.45, 2.75) is 0 Å². The van der Waals surface area contributed by atoms with Crippen molar-refractivity contribution in [2.75, 3.05) is 19.0 Å². The Morgan fingerprint density at radius 2 is 1.29 bits per heavy atom. The fourth-order valence-corrected chi connectivity index (χ4v) is 3.01. The average Bonchev–Trinajstić information content (AvgIpc) is 2.94. The van der Waals surface area contributed by atoms with Gasteiger partial charge < -0.3 is 4.90 Å². The quantitative estimate of drug-likeness (QED) is 0.500. The van der Waals surface area contributed by atoms with Crippen molar-refractivity contribution in [1.29, 1.82) is 0 Å². The molecule has 0 aliphatic carbocycles. The van der Waals surface area contributed by atoms with E-state index in [9.17, 15) is 0 Å². The van der Waals surface area contributed by atoms with Gasteiger partial charge in [0.25, 0.3) is 0 Å². The highest BCUT2D eigenvalue weighted by Gasteiger charge is 2.08. The number of hydrogen-bond acceptors (Lipinski definition) is 2. The maximum absolute atomic E-state index is 4.75. The van der Waals surface area contributed by atoms with Crippen LogP contribution in [0.1, 0.15) is 5.56 Å². The van der Waals surface area contributed by atoms with E-state index in [-0.39, 0.29) is 0 Å². The van der Waals surface area contributed by atoms with E-state index in [1.807, 2.05) is 25.0 Å². The van der Waals surface area contributed by atoms with Gasteiger partial charge in [-0.15, -0.1) is 0 Å². The summed E-state index contributed by atoms with van der Waals surface area (Å²) in [5.41, 5.74) is 4.52. The maximum Gasteiger partial charge on any atom is 0.0732 e. The average molecular weight is 313 g/mol. The van der Waals surface area contributed by atoms with E-state index in [1.54, 1.807) is 0 Å². The predicted octanol–water partition coefficient (Wildman–Crippen LogP) is 4.74. The Balaban J connectivity index is 1.80. The van der Waals surface area contributed by atoms with Crippen LogP contribution in [0.2, 0.25) is 0 Å². The first-order valence-corrected chi connectivity index (χ1v) is 8.04. The van der Waals surface area contributed by atoms with Gasteiger partial charge in [-0.05, 0) is 29.8 Å². The highest BCUT2D eigenvalue weighted by atomic mass is 15.3. The topological polar surface area (TPSA) is 20.5 Å². The Morgan fingerprint density at radius 3 is 1.83 bits per heavy atom. The summed E-state index contributed by atoms with van der Waals surface area (Å²) < 4.78 is 2.02. The molecule has 0 N–H and O–H groups in total. The molecular weight excluding hydrogens is 294 g/mol. The van der Waals surface area contributed by atoms with Crippen molar-refractivity contribution in [3.63, 3.8) is 0 Å². The molecule has 0 aliphatic heterocycles. The van der Waals surface area contributed by atoms with Crippen molar-refractivity contribution >= 4 is 33.7 Å². The van der Waals surface area contributed by atoms with Crippen LogP contribution < -0.4 is 4.90 Å². The molecule has 0 amide bonds. The second-order valence-corrected chi connectivity index (χ2v) is 6.08. The number of para-hydroxylation sites is 2. The Hall–Kier alpha value is -3.07. The third-order valence-electron chi connectivity index (χ3n) is 4.29. The van der Waals surface area contributed by atoms with Crippen LogP contribution in [-0.2, 0) is 0 Å². The third-order valence-corrected chi connectivity index (χ3v) is 4.29. The molecule has 0 bridgehead atoms. The molecule has 0 unspecified atom stereocenters. The molecule has 4 rings (SSSR count). The van der Waals surface area contributed by atoms with Crippen LogP contribution in [0.5, 0.6) is 0 Å². The van der Waals surface area contributed by atoms with Crippen LogP contribution in [0, 0.1) is 0 Å². The van der Waals surface area contributed by atoms with Crippen molar-refractivity contribution < 1.29 is 0 Å².